The standard InChI is InChI=1S/C15H20N4O2/c1-11(2)21-15-9-14(18-10-19-15)17-7-8-20-13-6-4-3-5-12(13)16/h3-6,9-11H,7-8,16H2,1-2H3,(H,17,18,19). The molecule has 112 valence electrons. The SMILES string of the molecule is CC(C)Oc1cc(NCCOc2ccccc2N)ncn1. The van der Waals surface area contributed by atoms with Crippen molar-refractivity contribution in [2.45, 2.75) is 20.0 Å². The van der Waals surface area contributed by atoms with Crippen molar-refractivity contribution < 1.29 is 9.47 Å². The summed E-state index contributed by atoms with van der Waals surface area (Å²) in [6.07, 6.45) is 1.55. The normalized spacial score (nSPS) is 10.4. The Labute approximate surface area is 124 Å². The van der Waals surface area contributed by atoms with Crippen LogP contribution in [0.25, 0.3) is 0 Å². The van der Waals surface area contributed by atoms with Gasteiger partial charge in [-0.25, -0.2) is 9.97 Å². The van der Waals surface area contributed by atoms with Crippen LogP contribution in [0, 0.1) is 0 Å². The van der Waals surface area contributed by atoms with Crippen LogP contribution in [0.15, 0.2) is 36.7 Å². The average Bonchev–Trinajstić information content (AvgIpc) is 2.45. The summed E-state index contributed by atoms with van der Waals surface area (Å²) in [4.78, 5) is 8.17. The molecule has 0 amide bonds. The molecule has 0 aliphatic rings. The molecule has 2 rings (SSSR count). The Morgan fingerprint density at radius 3 is 2.81 bits per heavy atom. The maximum absolute atomic E-state index is 5.80. The zero-order chi connectivity index (χ0) is 15.1. The van der Waals surface area contributed by atoms with Gasteiger partial charge in [0.1, 0.15) is 24.5 Å². The zero-order valence-corrected chi connectivity index (χ0v) is 12.2. The van der Waals surface area contributed by atoms with Gasteiger partial charge in [0.05, 0.1) is 18.3 Å². The number of nitrogen functional groups attached to an aromatic ring is 1. The number of benzene rings is 1. The Morgan fingerprint density at radius 1 is 1.24 bits per heavy atom. The molecule has 0 bridgehead atoms. The van der Waals surface area contributed by atoms with E-state index in [2.05, 4.69) is 15.3 Å². The molecule has 1 aromatic heterocycles. The van der Waals surface area contributed by atoms with Crippen molar-refractivity contribution in [2.24, 2.45) is 0 Å². The Hall–Kier alpha value is -2.50. The highest BCUT2D eigenvalue weighted by atomic mass is 16.5. The monoisotopic (exact) mass is 288 g/mol. The average molecular weight is 288 g/mol. The van der Waals surface area contributed by atoms with Gasteiger partial charge in [0.25, 0.3) is 0 Å². The first-order chi connectivity index (χ1) is 10.1. The van der Waals surface area contributed by atoms with E-state index in [1.807, 2.05) is 38.1 Å². The summed E-state index contributed by atoms with van der Waals surface area (Å²) in [6.45, 7) is 4.99. The third kappa shape index (κ3) is 4.83. The number of hydrogen-bond donors (Lipinski definition) is 2. The molecule has 0 aliphatic carbocycles. The highest BCUT2D eigenvalue weighted by molar-refractivity contribution is 5.51. The second-order valence-electron chi connectivity index (χ2n) is 4.72. The van der Waals surface area contributed by atoms with Gasteiger partial charge < -0.3 is 20.5 Å². The molecule has 21 heavy (non-hydrogen) atoms. The molecule has 0 atom stereocenters. The maximum Gasteiger partial charge on any atom is 0.218 e. The van der Waals surface area contributed by atoms with E-state index < -0.39 is 0 Å². The van der Waals surface area contributed by atoms with E-state index in [0.717, 1.165) is 0 Å². The number of para-hydroxylation sites is 2. The minimum Gasteiger partial charge on any atom is -0.490 e. The van der Waals surface area contributed by atoms with Gasteiger partial charge in [0.2, 0.25) is 5.88 Å². The number of rotatable bonds is 7. The van der Waals surface area contributed by atoms with Crippen LogP contribution in [0.4, 0.5) is 11.5 Å². The van der Waals surface area contributed by atoms with E-state index in [1.165, 1.54) is 6.33 Å². The molecule has 1 heterocycles. The summed E-state index contributed by atoms with van der Waals surface area (Å²) in [5.74, 6) is 1.94. The van der Waals surface area contributed by atoms with Crippen molar-refractivity contribution in [1.29, 1.82) is 0 Å². The lowest BCUT2D eigenvalue weighted by molar-refractivity contribution is 0.232. The molecule has 0 radical (unpaired) electrons. The van der Waals surface area contributed by atoms with Crippen LogP contribution >= 0.6 is 0 Å². The van der Waals surface area contributed by atoms with Crippen LogP contribution in [0.2, 0.25) is 0 Å². The number of nitrogens with one attached hydrogen (secondary N) is 1. The Morgan fingerprint density at radius 2 is 2.05 bits per heavy atom. The minimum atomic E-state index is 0.0807. The lowest BCUT2D eigenvalue weighted by Crippen LogP contribution is -2.13. The number of nitrogens with two attached hydrogens (primary N) is 1. The summed E-state index contributed by atoms with van der Waals surface area (Å²) in [6, 6.07) is 9.17. The first-order valence-corrected chi connectivity index (χ1v) is 6.85. The van der Waals surface area contributed by atoms with E-state index in [-0.39, 0.29) is 6.10 Å². The summed E-state index contributed by atoms with van der Waals surface area (Å²) >= 11 is 0. The van der Waals surface area contributed by atoms with Crippen molar-refractivity contribution in [3.8, 4) is 11.6 Å². The first-order valence-electron chi connectivity index (χ1n) is 6.85. The van der Waals surface area contributed by atoms with Crippen molar-refractivity contribution in [2.75, 3.05) is 24.2 Å². The van der Waals surface area contributed by atoms with Crippen molar-refractivity contribution >= 4 is 11.5 Å². The lowest BCUT2D eigenvalue weighted by Gasteiger charge is -2.11. The van der Waals surface area contributed by atoms with Crippen molar-refractivity contribution in [3.63, 3.8) is 0 Å². The quantitative estimate of drug-likeness (QED) is 0.601. The molecule has 0 spiro atoms. The van der Waals surface area contributed by atoms with Crippen LogP contribution in [0.5, 0.6) is 11.6 Å². The predicted octanol–water partition coefficient (Wildman–Crippen LogP) is 2.34. The van der Waals surface area contributed by atoms with Gasteiger partial charge in [-0.2, -0.15) is 0 Å². The van der Waals surface area contributed by atoms with E-state index in [0.29, 0.717) is 36.3 Å². The van der Waals surface area contributed by atoms with Crippen LogP contribution in [0.1, 0.15) is 13.8 Å². The van der Waals surface area contributed by atoms with E-state index in [9.17, 15) is 0 Å². The highest BCUT2D eigenvalue weighted by Crippen LogP contribution is 2.19. The maximum atomic E-state index is 5.80. The summed E-state index contributed by atoms with van der Waals surface area (Å²) in [5, 5.41) is 3.15. The summed E-state index contributed by atoms with van der Waals surface area (Å²) in [7, 11) is 0. The molecule has 0 saturated heterocycles. The molecule has 0 aliphatic heterocycles. The molecule has 0 fully saturated rings. The van der Waals surface area contributed by atoms with Gasteiger partial charge in [-0.05, 0) is 26.0 Å². The number of anilines is 2. The number of nitrogens with zero attached hydrogens (tertiary/aromatic N) is 2. The third-order valence-corrected chi connectivity index (χ3v) is 2.58. The van der Waals surface area contributed by atoms with Gasteiger partial charge >= 0.3 is 0 Å². The molecule has 1 aromatic carbocycles. The Balaban J connectivity index is 1.80. The molecule has 3 N–H and O–H groups in total. The fourth-order valence-electron chi connectivity index (χ4n) is 1.69. The largest absolute Gasteiger partial charge is 0.490 e. The molecule has 6 nitrogen and oxygen atoms in total. The number of hydrogen-bond acceptors (Lipinski definition) is 6. The summed E-state index contributed by atoms with van der Waals surface area (Å²) in [5.41, 5.74) is 6.43. The van der Waals surface area contributed by atoms with E-state index in [4.69, 9.17) is 15.2 Å². The van der Waals surface area contributed by atoms with Crippen molar-refractivity contribution in [3.05, 3.63) is 36.7 Å². The highest BCUT2D eigenvalue weighted by Gasteiger charge is 2.02. The lowest BCUT2D eigenvalue weighted by atomic mass is 10.3. The number of ether oxygens (including phenoxy) is 2. The minimum absolute atomic E-state index is 0.0807. The van der Waals surface area contributed by atoms with Gasteiger partial charge in [0.15, 0.2) is 0 Å². The molecular weight excluding hydrogens is 268 g/mol. The van der Waals surface area contributed by atoms with E-state index >= 15 is 0 Å². The fourth-order valence-corrected chi connectivity index (χ4v) is 1.69. The molecule has 2 aromatic rings. The van der Waals surface area contributed by atoms with Gasteiger partial charge in [-0.1, -0.05) is 12.1 Å². The molecule has 6 heteroatoms. The second-order valence-corrected chi connectivity index (χ2v) is 4.72. The zero-order valence-electron chi connectivity index (χ0n) is 12.2. The molecule has 0 saturated carbocycles. The van der Waals surface area contributed by atoms with Gasteiger partial charge in [-0.3, -0.25) is 0 Å². The molecule has 0 unspecified atom stereocenters. The Bertz CT molecular complexity index is 575. The van der Waals surface area contributed by atoms with Gasteiger partial charge in [-0.15, -0.1) is 0 Å². The van der Waals surface area contributed by atoms with Crippen LogP contribution < -0.4 is 20.5 Å². The van der Waals surface area contributed by atoms with Crippen LogP contribution in [0.3, 0.4) is 0 Å². The fraction of sp³-hybridized carbons (Fsp3) is 0.333. The Kier molecular flexibility index (Phi) is 5.20. The third-order valence-electron chi connectivity index (χ3n) is 2.58. The summed E-state index contributed by atoms with van der Waals surface area (Å²) < 4.78 is 11.1. The number of aromatic nitrogens is 2. The molecular formula is C15H20N4O2. The van der Waals surface area contributed by atoms with Gasteiger partial charge in [0, 0.05) is 6.07 Å². The van der Waals surface area contributed by atoms with Crippen LogP contribution in [-0.4, -0.2) is 29.2 Å². The van der Waals surface area contributed by atoms with Crippen LogP contribution in [-0.2, 0) is 0 Å². The second kappa shape index (κ2) is 7.33. The first kappa shape index (κ1) is 14.9. The van der Waals surface area contributed by atoms with E-state index in [1.54, 1.807) is 6.07 Å². The van der Waals surface area contributed by atoms with Crippen molar-refractivity contribution in [1.82, 2.24) is 9.97 Å². The smallest absolute Gasteiger partial charge is 0.218 e. The predicted molar refractivity (Wildman–Crippen MR) is 82.6 cm³/mol. The topological polar surface area (TPSA) is 82.3 Å².